The van der Waals surface area contributed by atoms with Crippen molar-refractivity contribution in [3.8, 4) is 0 Å². The lowest BCUT2D eigenvalue weighted by Crippen LogP contribution is -2.52. The SMILES string of the molecule is CC1CCN(CN2C(=O)[C@@]3(S[C@H](C)C(=O)N3c3cccc(Cl)c3)c3ccccc32)CC1. The molecule has 7 heteroatoms. The number of para-hydroxylation sites is 1. The van der Waals surface area contributed by atoms with Gasteiger partial charge in [0.05, 0.1) is 17.6 Å². The van der Waals surface area contributed by atoms with Gasteiger partial charge in [-0.3, -0.25) is 24.3 Å². The van der Waals surface area contributed by atoms with Crippen LogP contribution in [-0.4, -0.2) is 41.7 Å². The van der Waals surface area contributed by atoms with E-state index >= 15 is 0 Å². The molecule has 31 heavy (non-hydrogen) atoms. The highest BCUT2D eigenvalue weighted by molar-refractivity contribution is 8.03. The molecule has 0 aromatic heterocycles. The quantitative estimate of drug-likeness (QED) is 0.673. The van der Waals surface area contributed by atoms with Gasteiger partial charge in [-0.15, -0.1) is 11.8 Å². The zero-order chi connectivity index (χ0) is 21.8. The van der Waals surface area contributed by atoms with Crippen molar-refractivity contribution in [3.63, 3.8) is 0 Å². The summed E-state index contributed by atoms with van der Waals surface area (Å²) in [5.41, 5.74) is 2.44. The average Bonchev–Trinajstić information content (AvgIpc) is 3.16. The number of piperidine rings is 1. The van der Waals surface area contributed by atoms with Gasteiger partial charge >= 0.3 is 0 Å². The van der Waals surface area contributed by atoms with Crippen LogP contribution in [0.1, 0.15) is 32.3 Å². The van der Waals surface area contributed by atoms with E-state index in [1.54, 1.807) is 17.0 Å². The maximum atomic E-state index is 14.1. The third-order valence-electron chi connectivity index (χ3n) is 6.61. The van der Waals surface area contributed by atoms with Crippen LogP contribution in [0.25, 0.3) is 0 Å². The molecule has 1 spiro atoms. The lowest BCUT2D eigenvalue weighted by atomic mass is 10.00. The molecule has 5 rings (SSSR count). The molecule has 2 aromatic rings. The number of hydrogen-bond donors (Lipinski definition) is 0. The monoisotopic (exact) mass is 455 g/mol. The predicted octanol–water partition coefficient (Wildman–Crippen LogP) is 4.70. The summed E-state index contributed by atoms with van der Waals surface area (Å²) in [5, 5.41) is 0.217. The number of carbonyl (C=O) groups is 2. The predicted molar refractivity (Wildman–Crippen MR) is 126 cm³/mol. The molecule has 2 fully saturated rings. The Balaban J connectivity index is 1.59. The van der Waals surface area contributed by atoms with Crippen LogP contribution < -0.4 is 9.80 Å². The van der Waals surface area contributed by atoms with Crippen molar-refractivity contribution in [1.29, 1.82) is 0 Å². The lowest BCUT2D eigenvalue weighted by molar-refractivity contribution is -0.124. The van der Waals surface area contributed by atoms with Gasteiger partial charge in [-0.25, -0.2) is 0 Å². The van der Waals surface area contributed by atoms with Gasteiger partial charge in [0.15, 0.2) is 0 Å². The van der Waals surface area contributed by atoms with Crippen LogP contribution in [0, 0.1) is 5.92 Å². The largest absolute Gasteiger partial charge is 0.295 e. The number of thioether (sulfide) groups is 1. The van der Waals surface area contributed by atoms with E-state index < -0.39 is 4.87 Å². The number of hydrogen-bond acceptors (Lipinski definition) is 4. The molecule has 0 saturated carbocycles. The van der Waals surface area contributed by atoms with Gasteiger partial charge in [0.1, 0.15) is 0 Å². The minimum absolute atomic E-state index is 0.0463. The number of amides is 2. The van der Waals surface area contributed by atoms with Crippen LogP contribution in [0.4, 0.5) is 11.4 Å². The van der Waals surface area contributed by atoms with Crippen molar-refractivity contribution in [2.24, 2.45) is 5.92 Å². The van der Waals surface area contributed by atoms with Crippen molar-refractivity contribution in [3.05, 3.63) is 59.1 Å². The Morgan fingerprint density at radius 3 is 2.55 bits per heavy atom. The summed E-state index contributed by atoms with van der Waals surface area (Å²) in [7, 11) is 0. The molecule has 3 aliphatic heterocycles. The third-order valence-corrected chi connectivity index (χ3v) is 8.32. The summed E-state index contributed by atoms with van der Waals surface area (Å²) < 4.78 is 0. The molecule has 0 N–H and O–H groups in total. The molecule has 3 aliphatic rings. The minimum atomic E-state index is -1.10. The molecule has 0 radical (unpaired) electrons. The second-order valence-electron chi connectivity index (χ2n) is 8.75. The summed E-state index contributed by atoms with van der Waals surface area (Å²) in [6, 6.07) is 15.1. The molecule has 0 unspecified atom stereocenters. The first-order valence-electron chi connectivity index (χ1n) is 10.8. The Morgan fingerprint density at radius 1 is 1.06 bits per heavy atom. The Morgan fingerprint density at radius 2 is 1.81 bits per heavy atom. The molecule has 5 nitrogen and oxygen atoms in total. The maximum Gasteiger partial charge on any atom is 0.269 e. The minimum Gasteiger partial charge on any atom is -0.295 e. The standard InChI is InChI=1S/C24H26ClN3O2S/c1-16-10-12-26(13-11-16)15-27-21-9-4-3-8-20(21)24(23(27)30)28(22(29)17(2)31-24)19-7-5-6-18(25)14-19/h3-9,14,16-17H,10-13,15H2,1-2H3/t17-,24+/m1/s1. The number of halogens is 1. The van der Waals surface area contributed by atoms with Gasteiger partial charge in [0.2, 0.25) is 10.8 Å². The second kappa shape index (κ2) is 7.84. The van der Waals surface area contributed by atoms with E-state index in [2.05, 4.69) is 11.8 Å². The smallest absolute Gasteiger partial charge is 0.269 e. The molecule has 2 amide bonds. The first-order valence-corrected chi connectivity index (χ1v) is 12.1. The first-order chi connectivity index (χ1) is 14.9. The van der Waals surface area contributed by atoms with E-state index in [1.165, 1.54) is 11.8 Å². The van der Waals surface area contributed by atoms with E-state index in [-0.39, 0.29) is 17.1 Å². The Hall–Kier alpha value is -2.02. The number of nitrogens with zero attached hydrogens (tertiary/aromatic N) is 3. The number of benzene rings is 2. The van der Waals surface area contributed by atoms with Gasteiger partial charge in [-0.05, 0) is 49.9 Å². The van der Waals surface area contributed by atoms with Gasteiger partial charge < -0.3 is 0 Å². The van der Waals surface area contributed by atoms with Gasteiger partial charge in [-0.1, -0.05) is 42.8 Å². The van der Waals surface area contributed by atoms with E-state index in [0.29, 0.717) is 17.4 Å². The highest BCUT2D eigenvalue weighted by Crippen LogP contribution is 2.57. The maximum absolute atomic E-state index is 14.1. The third kappa shape index (κ3) is 3.27. The van der Waals surface area contributed by atoms with E-state index in [1.807, 2.05) is 48.2 Å². The number of likely N-dealkylation sites (tertiary alicyclic amines) is 1. The van der Waals surface area contributed by atoms with E-state index in [0.717, 1.165) is 43.1 Å². The number of fused-ring (bicyclic) bond motifs is 2. The summed E-state index contributed by atoms with van der Waals surface area (Å²) in [5.74, 6) is 0.616. The molecular weight excluding hydrogens is 430 g/mol. The summed E-state index contributed by atoms with van der Waals surface area (Å²) in [4.78, 5) is 32.3. The topological polar surface area (TPSA) is 43.9 Å². The number of anilines is 2. The van der Waals surface area contributed by atoms with Crippen LogP contribution in [-0.2, 0) is 14.5 Å². The van der Waals surface area contributed by atoms with Crippen LogP contribution in [0.2, 0.25) is 5.02 Å². The number of carbonyl (C=O) groups excluding carboxylic acids is 2. The first kappa shape index (κ1) is 20.9. The van der Waals surface area contributed by atoms with Gasteiger partial charge in [-0.2, -0.15) is 0 Å². The highest BCUT2D eigenvalue weighted by Gasteiger charge is 2.63. The average molecular weight is 456 g/mol. The summed E-state index contributed by atoms with van der Waals surface area (Å²) in [6.45, 7) is 6.69. The molecule has 2 aromatic carbocycles. The van der Waals surface area contributed by atoms with Crippen molar-refractivity contribution in [2.45, 2.75) is 36.8 Å². The van der Waals surface area contributed by atoms with Crippen LogP contribution in [0.3, 0.4) is 0 Å². The zero-order valence-corrected chi connectivity index (χ0v) is 19.3. The van der Waals surface area contributed by atoms with Crippen molar-refractivity contribution >= 4 is 46.6 Å². The fourth-order valence-corrected chi connectivity index (χ4v) is 6.61. The van der Waals surface area contributed by atoms with Crippen molar-refractivity contribution in [1.82, 2.24) is 4.90 Å². The lowest BCUT2D eigenvalue weighted by Gasteiger charge is -2.35. The summed E-state index contributed by atoms with van der Waals surface area (Å²) >= 11 is 7.69. The van der Waals surface area contributed by atoms with E-state index in [9.17, 15) is 9.59 Å². The molecule has 0 aliphatic carbocycles. The Bertz CT molecular complexity index is 1040. The second-order valence-corrected chi connectivity index (χ2v) is 10.7. The van der Waals surface area contributed by atoms with E-state index in [4.69, 9.17) is 11.6 Å². The molecule has 2 saturated heterocycles. The van der Waals surface area contributed by atoms with Gasteiger partial charge in [0, 0.05) is 29.4 Å². The van der Waals surface area contributed by atoms with Crippen molar-refractivity contribution in [2.75, 3.05) is 29.6 Å². The van der Waals surface area contributed by atoms with Crippen LogP contribution in [0.5, 0.6) is 0 Å². The van der Waals surface area contributed by atoms with Gasteiger partial charge in [0.25, 0.3) is 5.91 Å². The molecular formula is C24H26ClN3O2S. The van der Waals surface area contributed by atoms with Crippen LogP contribution >= 0.6 is 23.4 Å². The van der Waals surface area contributed by atoms with Crippen LogP contribution in [0.15, 0.2) is 48.5 Å². The highest BCUT2D eigenvalue weighted by atomic mass is 35.5. The molecule has 3 heterocycles. The normalized spacial score (nSPS) is 26.9. The molecule has 162 valence electrons. The fraction of sp³-hybridized carbons (Fsp3) is 0.417. The number of rotatable bonds is 3. The molecule has 0 bridgehead atoms. The molecule has 2 atom stereocenters. The summed E-state index contributed by atoms with van der Waals surface area (Å²) in [6.07, 6.45) is 2.29. The zero-order valence-electron chi connectivity index (χ0n) is 17.8. The van der Waals surface area contributed by atoms with Crippen molar-refractivity contribution < 1.29 is 9.59 Å². The Kier molecular flexibility index (Phi) is 5.27. The fourth-order valence-electron chi connectivity index (χ4n) is 4.90. The Labute approximate surface area is 192 Å².